The Hall–Kier alpha value is -2.13. The second-order valence-electron chi connectivity index (χ2n) is 5.33. The normalized spacial score (nSPS) is 12.8. The Labute approximate surface area is 134 Å². The first-order chi connectivity index (χ1) is 10.6. The molecule has 0 spiro atoms. The highest BCUT2D eigenvalue weighted by Gasteiger charge is 2.32. The van der Waals surface area contributed by atoms with Gasteiger partial charge in [0.2, 0.25) is 0 Å². The number of carbonyl (C=O) groups is 2. The highest BCUT2D eigenvalue weighted by Crippen LogP contribution is 2.34. The van der Waals surface area contributed by atoms with Crippen LogP contribution in [0.3, 0.4) is 0 Å². The van der Waals surface area contributed by atoms with Gasteiger partial charge in [0.25, 0.3) is 0 Å². The summed E-state index contributed by atoms with van der Waals surface area (Å²) >= 11 is 6.12. The molecule has 0 heterocycles. The van der Waals surface area contributed by atoms with E-state index >= 15 is 0 Å². The van der Waals surface area contributed by atoms with Crippen LogP contribution in [-0.4, -0.2) is 18.1 Å². The van der Waals surface area contributed by atoms with Crippen molar-refractivity contribution in [1.29, 1.82) is 0 Å². The zero-order valence-electron chi connectivity index (χ0n) is 12.3. The van der Waals surface area contributed by atoms with E-state index in [4.69, 9.17) is 11.6 Å². The summed E-state index contributed by atoms with van der Waals surface area (Å²) in [6, 6.07) is 10.3. The highest BCUT2D eigenvalue weighted by molar-refractivity contribution is 6.39. The number of halogens is 1. The van der Waals surface area contributed by atoms with Crippen molar-refractivity contribution in [3.8, 4) is 0 Å². The molecule has 0 saturated carbocycles. The molecule has 0 bridgehead atoms. The number of hydrogen-bond acceptors (Lipinski definition) is 3. The summed E-state index contributed by atoms with van der Waals surface area (Å²) in [4.78, 5) is 25.5. The summed E-state index contributed by atoms with van der Waals surface area (Å²) in [6.45, 7) is 2.88. The van der Waals surface area contributed by atoms with Gasteiger partial charge >= 0.3 is 0 Å². The molecule has 0 amide bonds. The molecular weight excluding hydrogens is 298 g/mol. The molecule has 1 aliphatic rings. The lowest BCUT2D eigenvalue weighted by molar-refractivity contribution is 0.0979. The van der Waals surface area contributed by atoms with Crippen molar-refractivity contribution >= 4 is 28.9 Å². The van der Waals surface area contributed by atoms with Crippen molar-refractivity contribution in [2.45, 2.75) is 19.8 Å². The van der Waals surface area contributed by atoms with Crippen LogP contribution < -0.4 is 5.32 Å². The number of carbonyl (C=O) groups excluding carboxylic acids is 2. The number of anilines is 1. The SMILES string of the molecule is CCCCNc1cccc2c1C(=O)c1cccc(Cl)c1C2=O. The molecule has 4 heteroatoms. The Balaban J connectivity index is 2.11. The van der Waals surface area contributed by atoms with Gasteiger partial charge < -0.3 is 5.32 Å². The van der Waals surface area contributed by atoms with Gasteiger partial charge in [-0.1, -0.05) is 49.2 Å². The number of fused-ring (bicyclic) bond motifs is 2. The second-order valence-corrected chi connectivity index (χ2v) is 5.74. The molecule has 1 aliphatic carbocycles. The summed E-state index contributed by atoms with van der Waals surface area (Å²) in [5, 5.41) is 3.59. The van der Waals surface area contributed by atoms with Gasteiger partial charge in [-0.2, -0.15) is 0 Å². The minimum atomic E-state index is -0.186. The minimum Gasteiger partial charge on any atom is -0.384 e. The number of ketones is 2. The molecule has 3 rings (SSSR count). The third kappa shape index (κ3) is 2.32. The molecule has 2 aromatic carbocycles. The average Bonchev–Trinajstić information content (AvgIpc) is 2.52. The molecule has 0 saturated heterocycles. The van der Waals surface area contributed by atoms with Gasteiger partial charge in [-0.25, -0.2) is 0 Å². The Kier molecular flexibility index (Phi) is 3.99. The lowest BCUT2D eigenvalue weighted by Gasteiger charge is -2.21. The quantitative estimate of drug-likeness (QED) is 0.729. The summed E-state index contributed by atoms with van der Waals surface area (Å²) < 4.78 is 0. The summed E-state index contributed by atoms with van der Waals surface area (Å²) in [5.41, 5.74) is 2.29. The van der Waals surface area contributed by atoms with Crippen molar-refractivity contribution in [3.05, 3.63) is 63.7 Å². The maximum absolute atomic E-state index is 12.8. The lowest BCUT2D eigenvalue weighted by Crippen LogP contribution is -2.23. The number of benzene rings is 2. The summed E-state index contributed by atoms with van der Waals surface area (Å²) in [7, 11) is 0. The number of hydrogen-bond donors (Lipinski definition) is 1. The van der Waals surface area contributed by atoms with E-state index in [-0.39, 0.29) is 11.6 Å². The Bertz CT molecular complexity index is 768. The molecule has 22 heavy (non-hydrogen) atoms. The maximum atomic E-state index is 12.8. The molecule has 0 fully saturated rings. The van der Waals surface area contributed by atoms with E-state index in [0.717, 1.165) is 25.1 Å². The predicted octanol–water partition coefficient (Wildman–Crippen LogP) is 4.33. The van der Waals surface area contributed by atoms with Crippen LogP contribution in [0.4, 0.5) is 5.69 Å². The monoisotopic (exact) mass is 313 g/mol. The fourth-order valence-electron chi connectivity index (χ4n) is 2.75. The third-order valence-corrected chi connectivity index (χ3v) is 4.18. The molecule has 0 atom stereocenters. The van der Waals surface area contributed by atoms with E-state index in [9.17, 15) is 9.59 Å². The van der Waals surface area contributed by atoms with E-state index in [1.165, 1.54) is 0 Å². The fourth-order valence-corrected chi connectivity index (χ4v) is 3.01. The topological polar surface area (TPSA) is 46.2 Å². The van der Waals surface area contributed by atoms with E-state index in [2.05, 4.69) is 12.2 Å². The van der Waals surface area contributed by atoms with Gasteiger partial charge in [-0.15, -0.1) is 0 Å². The lowest BCUT2D eigenvalue weighted by atomic mass is 9.83. The highest BCUT2D eigenvalue weighted by atomic mass is 35.5. The van der Waals surface area contributed by atoms with Crippen molar-refractivity contribution in [2.75, 3.05) is 11.9 Å². The van der Waals surface area contributed by atoms with Crippen LogP contribution in [0.2, 0.25) is 5.02 Å². The van der Waals surface area contributed by atoms with Crippen LogP contribution in [0.5, 0.6) is 0 Å². The fraction of sp³-hybridized carbons (Fsp3) is 0.222. The standard InChI is InChI=1S/C18H16ClNO2/c1-2-3-10-20-14-9-5-7-12-16(14)18(22)11-6-4-8-13(19)15(11)17(12)21/h4-9,20H,2-3,10H2,1H3. The first-order valence-electron chi connectivity index (χ1n) is 7.40. The van der Waals surface area contributed by atoms with E-state index in [1.807, 2.05) is 6.07 Å². The zero-order valence-corrected chi connectivity index (χ0v) is 13.0. The minimum absolute atomic E-state index is 0.147. The largest absolute Gasteiger partial charge is 0.384 e. The molecule has 2 aromatic rings. The molecule has 1 N–H and O–H groups in total. The number of rotatable bonds is 4. The van der Waals surface area contributed by atoms with Crippen LogP contribution in [-0.2, 0) is 0 Å². The van der Waals surface area contributed by atoms with Crippen LogP contribution in [0, 0.1) is 0 Å². The Morgan fingerprint density at radius 3 is 2.32 bits per heavy atom. The van der Waals surface area contributed by atoms with Crippen molar-refractivity contribution in [2.24, 2.45) is 0 Å². The summed E-state index contributed by atoms with van der Waals surface area (Å²) in [6.07, 6.45) is 2.07. The van der Waals surface area contributed by atoms with E-state index in [1.54, 1.807) is 30.3 Å². The predicted molar refractivity (Wildman–Crippen MR) is 88.2 cm³/mol. The van der Waals surface area contributed by atoms with Crippen molar-refractivity contribution in [1.82, 2.24) is 0 Å². The van der Waals surface area contributed by atoms with Crippen LogP contribution in [0.25, 0.3) is 0 Å². The molecule has 3 nitrogen and oxygen atoms in total. The number of unbranched alkanes of at least 4 members (excludes halogenated alkanes) is 1. The van der Waals surface area contributed by atoms with Gasteiger partial charge in [0, 0.05) is 23.4 Å². The van der Waals surface area contributed by atoms with Gasteiger partial charge in [-0.05, 0) is 18.6 Å². The van der Waals surface area contributed by atoms with Gasteiger partial charge in [-0.3, -0.25) is 9.59 Å². The molecule has 0 unspecified atom stereocenters. The first-order valence-corrected chi connectivity index (χ1v) is 7.77. The molecular formula is C18H16ClNO2. The summed E-state index contributed by atoms with van der Waals surface area (Å²) in [5.74, 6) is -0.332. The van der Waals surface area contributed by atoms with Crippen LogP contribution in [0.15, 0.2) is 36.4 Å². The third-order valence-electron chi connectivity index (χ3n) is 3.87. The number of nitrogens with one attached hydrogen (secondary N) is 1. The van der Waals surface area contributed by atoms with E-state index in [0.29, 0.717) is 27.3 Å². The molecule has 0 aromatic heterocycles. The molecule has 0 aliphatic heterocycles. The second kappa shape index (κ2) is 5.93. The first kappa shape index (κ1) is 14.8. The average molecular weight is 314 g/mol. The van der Waals surface area contributed by atoms with Crippen LogP contribution in [0.1, 0.15) is 51.6 Å². The smallest absolute Gasteiger partial charge is 0.196 e. The van der Waals surface area contributed by atoms with E-state index < -0.39 is 0 Å². The molecule has 0 radical (unpaired) electrons. The Morgan fingerprint density at radius 1 is 0.955 bits per heavy atom. The van der Waals surface area contributed by atoms with Gasteiger partial charge in [0.05, 0.1) is 16.1 Å². The van der Waals surface area contributed by atoms with Gasteiger partial charge in [0.15, 0.2) is 11.6 Å². The maximum Gasteiger partial charge on any atom is 0.196 e. The van der Waals surface area contributed by atoms with Gasteiger partial charge in [0.1, 0.15) is 0 Å². The Morgan fingerprint density at radius 2 is 1.59 bits per heavy atom. The van der Waals surface area contributed by atoms with Crippen LogP contribution >= 0.6 is 11.6 Å². The van der Waals surface area contributed by atoms with Crippen molar-refractivity contribution in [3.63, 3.8) is 0 Å². The molecule has 112 valence electrons. The zero-order chi connectivity index (χ0) is 15.7. The van der Waals surface area contributed by atoms with Crippen molar-refractivity contribution < 1.29 is 9.59 Å².